The predicted octanol–water partition coefficient (Wildman–Crippen LogP) is 3.23. The van der Waals surface area contributed by atoms with Gasteiger partial charge in [-0.3, -0.25) is 0 Å². The van der Waals surface area contributed by atoms with Crippen molar-refractivity contribution in [1.82, 2.24) is 9.38 Å². The zero-order valence-electron chi connectivity index (χ0n) is 8.99. The molecule has 4 heteroatoms. The van der Waals surface area contributed by atoms with Crippen LogP contribution in [0.1, 0.15) is 37.4 Å². The topological polar surface area (TPSA) is 43.3 Å². The summed E-state index contributed by atoms with van der Waals surface area (Å²) < 4.78 is 2.05. The Morgan fingerprint density at radius 1 is 1.38 bits per heavy atom. The Balaban J connectivity index is 2.22. The van der Waals surface area contributed by atoms with Gasteiger partial charge in [0.2, 0.25) is 0 Å². The molecule has 2 heterocycles. The highest BCUT2D eigenvalue weighted by Crippen LogP contribution is 2.36. The van der Waals surface area contributed by atoms with Gasteiger partial charge < -0.3 is 10.1 Å². The van der Waals surface area contributed by atoms with Gasteiger partial charge in [0, 0.05) is 12.1 Å². The second kappa shape index (κ2) is 3.67. The lowest BCUT2D eigenvalue weighted by Gasteiger charge is -2.07. The van der Waals surface area contributed by atoms with Crippen molar-refractivity contribution >= 4 is 22.8 Å². The summed E-state index contributed by atoms with van der Waals surface area (Å²) in [5.41, 5.74) is 7.47. The zero-order valence-corrected chi connectivity index (χ0v) is 9.74. The summed E-state index contributed by atoms with van der Waals surface area (Å²) in [4.78, 5) is 4.48. The van der Waals surface area contributed by atoms with E-state index in [0.717, 1.165) is 11.3 Å². The van der Waals surface area contributed by atoms with Crippen molar-refractivity contribution in [2.75, 3.05) is 5.73 Å². The first-order valence-corrected chi connectivity index (χ1v) is 6.07. The smallest absolute Gasteiger partial charge is 0.157 e. The van der Waals surface area contributed by atoms with Gasteiger partial charge in [-0.15, -0.1) is 0 Å². The lowest BCUT2D eigenvalue weighted by Crippen LogP contribution is -2.00. The first kappa shape index (κ1) is 9.97. The number of anilines is 1. The van der Waals surface area contributed by atoms with Crippen LogP contribution in [0.4, 0.5) is 5.69 Å². The fourth-order valence-corrected chi connectivity index (χ4v) is 2.90. The van der Waals surface area contributed by atoms with Crippen molar-refractivity contribution in [3.05, 3.63) is 29.3 Å². The number of imidazole rings is 1. The maximum atomic E-state index is 6.15. The number of rotatable bonds is 1. The number of pyridine rings is 1. The lowest BCUT2D eigenvalue weighted by molar-refractivity contribution is 0.665. The average molecular weight is 236 g/mol. The van der Waals surface area contributed by atoms with Gasteiger partial charge in [-0.25, -0.2) is 4.98 Å². The largest absolute Gasteiger partial charge is 0.397 e. The Kier molecular flexibility index (Phi) is 2.28. The van der Waals surface area contributed by atoms with Gasteiger partial charge in [0.1, 0.15) is 11.3 Å². The summed E-state index contributed by atoms with van der Waals surface area (Å²) >= 11 is 6.15. The number of nitrogen functional groups attached to an aromatic ring is 1. The van der Waals surface area contributed by atoms with Crippen LogP contribution in [0, 0.1) is 0 Å². The lowest BCUT2D eigenvalue weighted by atomic mass is 10.1. The Bertz CT molecular complexity index is 526. The number of nitrogens with zero attached hydrogens (tertiary/aromatic N) is 2. The molecule has 1 aliphatic rings. The molecule has 0 spiro atoms. The van der Waals surface area contributed by atoms with Gasteiger partial charge in [0.25, 0.3) is 0 Å². The fraction of sp³-hybridized carbons (Fsp3) is 0.417. The van der Waals surface area contributed by atoms with Gasteiger partial charge in [-0.1, -0.05) is 24.4 Å². The third-order valence-corrected chi connectivity index (χ3v) is 3.66. The molecule has 0 aromatic carbocycles. The Hall–Kier alpha value is -1.22. The van der Waals surface area contributed by atoms with Gasteiger partial charge in [0.05, 0.1) is 5.69 Å². The second-order valence-electron chi connectivity index (χ2n) is 4.42. The molecule has 0 atom stereocenters. The second-order valence-corrected chi connectivity index (χ2v) is 4.78. The SMILES string of the molecule is Nc1cccn2c(C3CCCC3)nc(Cl)c12. The molecule has 2 aromatic heterocycles. The van der Waals surface area contributed by atoms with E-state index in [0.29, 0.717) is 16.8 Å². The van der Waals surface area contributed by atoms with E-state index in [-0.39, 0.29) is 0 Å². The van der Waals surface area contributed by atoms with Crippen LogP contribution >= 0.6 is 11.6 Å². The van der Waals surface area contributed by atoms with Crippen LogP contribution in [0.15, 0.2) is 18.3 Å². The molecular weight excluding hydrogens is 222 g/mol. The summed E-state index contributed by atoms with van der Waals surface area (Å²) in [5, 5.41) is 0.528. The summed E-state index contributed by atoms with van der Waals surface area (Å²) in [7, 11) is 0. The van der Waals surface area contributed by atoms with Crippen molar-refractivity contribution in [1.29, 1.82) is 0 Å². The molecule has 2 aromatic rings. The van der Waals surface area contributed by atoms with E-state index in [2.05, 4.69) is 4.98 Å². The number of nitrogens with two attached hydrogens (primary N) is 1. The Labute approximate surface area is 99.2 Å². The number of aromatic nitrogens is 2. The molecule has 2 N–H and O–H groups in total. The Morgan fingerprint density at radius 3 is 2.88 bits per heavy atom. The van der Waals surface area contributed by atoms with Crippen LogP contribution in [0.5, 0.6) is 0 Å². The molecule has 3 rings (SSSR count). The van der Waals surface area contributed by atoms with Crippen LogP contribution in [0.25, 0.3) is 5.52 Å². The highest BCUT2D eigenvalue weighted by Gasteiger charge is 2.23. The maximum absolute atomic E-state index is 6.15. The summed E-state index contributed by atoms with van der Waals surface area (Å²) in [6.07, 6.45) is 7.01. The van der Waals surface area contributed by atoms with E-state index in [1.807, 2.05) is 22.7 Å². The van der Waals surface area contributed by atoms with Gasteiger partial charge >= 0.3 is 0 Å². The number of hydrogen-bond donors (Lipinski definition) is 1. The molecule has 0 amide bonds. The van der Waals surface area contributed by atoms with Gasteiger partial charge in [0.15, 0.2) is 5.15 Å². The molecule has 16 heavy (non-hydrogen) atoms. The minimum absolute atomic E-state index is 0.528. The maximum Gasteiger partial charge on any atom is 0.157 e. The molecule has 1 saturated carbocycles. The molecule has 84 valence electrons. The van der Waals surface area contributed by atoms with E-state index in [1.165, 1.54) is 25.7 Å². The molecule has 3 nitrogen and oxygen atoms in total. The van der Waals surface area contributed by atoms with Gasteiger partial charge in [-0.2, -0.15) is 0 Å². The van der Waals surface area contributed by atoms with Crippen molar-refractivity contribution in [2.45, 2.75) is 31.6 Å². The monoisotopic (exact) mass is 235 g/mol. The number of fused-ring (bicyclic) bond motifs is 1. The van der Waals surface area contributed by atoms with Crippen molar-refractivity contribution in [3.8, 4) is 0 Å². The van der Waals surface area contributed by atoms with E-state index in [4.69, 9.17) is 17.3 Å². The van der Waals surface area contributed by atoms with E-state index in [9.17, 15) is 0 Å². The van der Waals surface area contributed by atoms with Crippen molar-refractivity contribution < 1.29 is 0 Å². The molecule has 0 radical (unpaired) electrons. The van der Waals surface area contributed by atoms with Crippen LogP contribution < -0.4 is 5.73 Å². The zero-order chi connectivity index (χ0) is 11.1. The van der Waals surface area contributed by atoms with Crippen LogP contribution in [-0.2, 0) is 0 Å². The summed E-state index contributed by atoms with van der Waals surface area (Å²) in [5.74, 6) is 1.62. The molecule has 0 saturated heterocycles. The van der Waals surface area contributed by atoms with Crippen LogP contribution in [0.2, 0.25) is 5.15 Å². The average Bonchev–Trinajstić information content (AvgIpc) is 2.86. The van der Waals surface area contributed by atoms with E-state index in [1.54, 1.807) is 0 Å². The van der Waals surface area contributed by atoms with Crippen LogP contribution in [0.3, 0.4) is 0 Å². The normalized spacial score (nSPS) is 17.3. The number of halogens is 1. The highest BCUT2D eigenvalue weighted by molar-refractivity contribution is 6.33. The van der Waals surface area contributed by atoms with E-state index >= 15 is 0 Å². The predicted molar refractivity (Wildman–Crippen MR) is 65.8 cm³/mol. The minimum atomic E-state index is 0.528. The van der Waals surface area contributed by atoms with Crippen molar-refractivity contribution in [3.63, 3.8) is 0 Å². The summed E-state index contributed by atoms with van der Waals surface area (Å²) in [6.45, 7) is 0. The third kappa shape index (κ3) is 1.39. The quantitative estimate of drug-likeness (QED) is 0.825. The standard InChI is InChI=1S/C12H14ClN3/c13-11-10-9(14)6-3-7-16(10)12(15-11)8-4-1-2-5-8/h3,6-8H,1-2,4-5,14H2. The molecule has 1 aliphatic carbocycles. The molecule has 0 unspecified atom stereocenters. The van der Waals surface area contributed by atoms with Gasteiger partial charge in [-0.05, 0) is 25.0 Å². The highest BCUT2D eigenvalue weighted by atomic mass is 35.5. The molecule has 0 aliphatic heterocycles. The van der Waals surface area contributed by atoms with Crippen molar-refractivity contribution in [2.24, 2.45) is 0 Å². The third-order valence-electron chi connectivity index (χ3n) is 3.40. The molecular formula is C12H14ClN3. The first-order valence-electron chi connectivity index (χ1n) is 5.69. The fourth-order valence-electron chi connectivity index (χ4n) is 2.61. The Morgan fingerprint density at radius 2 is 2.12 bits per heavy atom. The van der Waals surface area contributed by atoms with E-state index < -0.39 is 0 Å². The first-order chi connectivity index (χ1) is 7.77. The minimum Gasteiger partial charge on any atom is -0.397 e. The molecule has 0 bridgehead atoms. The van der Waals surface area contributed by atoms with Crippen LogP contribution in [-0.4, -0.2) is 9.38 Å². The number of hydrogen-bond acceptors (Lipinski definition) is 2. The molecule has 1 fully saturated rings. The summed E-state index contributed by atoms with van der Waals surface area (Å²) in [6, 6.07) is 3.81.